The zero-order valence-electron chi connectivity index (χ0n) is 12.6. The third-order valence-corrected chi connectivity index (χ3v) is 5.10. The number of carbonyl (C=O) groups is 1. The minimum Gasteiger partial charge on any atom is -0.327 e. The van der Waals surface area contributed by atoms with Crippen LogP contribution in [-0.2, 0) is 4.79 Å². The van der Waals surface area contributed by atoms with Gasteiger partial charge in [0.05, 0.1) is 5.71 Å². The lowest BCUT2D eigenvalue weighted by atomic mass is 10.0. The number of nitrogens with zero attached hydrogens (tertiary/aromatic N) is 2. The lowest BCUT2D eigenvalue weighted by Crippen LogP contribution is -2.40. The Morgan fingerprint density at radius 3 is 2.21 bits per heavy atom. The van der Waals surface area contributed by atoms with Crippen LogP contribution >= 0.6 is 0 Å². The summed E-state index contributed by atoms with van der Waals surface area (Å²) in [5, 5.41) is 4.75. The molecule has 0 atom stereocenters. The van der Waals surface area contributed by atoms with Gasteiger partial charge in [-0.2, -0.15) is 5.10 Å². The maximum atomic E-state index is 11.2. The van der Waals surface area contributed by atoms with Crippen LogP contribution in [0.15, 0.2) is 35.4 Å². The third-order valence-electron chi connectivity index (χ3n) is 3.06. The van der Waals surface area contributed by atoms with Crippen molar-refractivity contribution in [2.24, 2.45) is 5.10 Å². The summed E-state index contributed by atoms with van der Waals surface area (Å²) >= 11 is 0. The van der Waals surface area contributed by atoms with Gasteiger partial charge >= 0.3 is 0 Å². The van der Waals surface area contributed by atoms with E-state index in [1.807, 2.05) is 25.2 Å². The third kappa shape index (κ3) is 5.38. The van der Waals surface area contributed by atoms with Crippen LogP contribution in [0.4, 0.5) is 0 Å². The van der Waals surface area contributed by atoms with Gasteiger partial charge in [0.1, 0.15) is 5.78 Å². The van der Waals surface area contributed by atoms with E-state index < -0.39 is 8.24 Å². The average molecular weight is 276 g/mol. The SMILES string of the molecule is CC(=O)CCC(=NN(C)[Si](C)(C)C)c1ccccc1. The number of rotatable bonds is 6. The predicted molar refractivity (Wildman–Crippen MR) is 84.0 cm³/mol. The van der Waals surface area contributed by atoms with Gasteiger partial charge in [-0.3, -0.25) is 0 Å². The highest BCUT2D eigenvalue weighted by Gasteiger charge is 2.19. The Morgan fingerprint density at radius 2 is 1.74 bits per heavy atom. The van der Waals surface area contributed by atoms with Crippen LogP contribution in [0.2, 0.25) is 19.6 Å². The molecule has 0 N–H and O–H groups in total. The predicted octanol–water partition coefficient (Wildman–Crippen LogP) is 3.53. The fraction of sp³-hybridized carbons (Fsp3) is 0.467. The van der Waals surface area contributed by atoms with E-state index in [0.717, 1.165) is 11.3 Å². The fourth-order valence-corrected chi connectivity index (χ4v) is 1.93. The van der Waals surface area contributed by atoms with Crippen molar-refractivity contribution in [2.75, 3.05) is 7.05 Å². The van der Waals surface area contributed by atoms with Gasteiger partial charge in [-0.05, 0) is 18.9 Å². The Kier molecular flexibility index (Phi) is 5.48. The Bertz CT molecular complexity index is 449. The van der Waals surface area contributed by atoms with E-state index in [4.69, 9.17) is 5.10 Å². The normalized spacial score (nSPS) is 12.4. The van der Waals surface area contributed by atoms with E-state index in [9.17, 15) is 4.79 Å². The molecular weight excluding hydrogens is 252 g/mol. The number of ketones is 1. The number of benzene rings is 1. The fourth-order valence-electron chi connectivity index (χ4n) is 1.51. The molecule has 0 saturated carbocycles. The number of carbonyl (C=O) groups excluding carboxylic acids is 1. The summed E-state index contributed by atoms with van der Waals surface area (Å²) in [6, 6.07) is 10.1. The molecule has 0 fully saturated rings. The van der Waals surface area contributed by atoms with Crippen molar-refractivity contribution in [1.29, 1.82) is 0 Å². The van der Waals surface area contributed by atoms with Gasteiger partial charge in [0.2, 0.25) is 0 Å². The highest BCUT2D eigenvalue weighted by atomic mass is 28.3. The Morgan fingerprint density at radius 1 is 1.16 bits per heavy atom. The van der Waals surface area contributed by atoms with Crippen molar-refractivity contribution in [1.82, 2.24) is 4.67 Å². The quantitative estimate of drug-likeness (QED) is 0.452. The van der Waals surface area contributed by atoms with Crippen molar-refractivity contribution in [2.45, 2.75) is 39.4 Å². The molecule has 0 saturated heterocycles. The van der Waals surface area contributed by atoms with Crippen LogP contribution in [0.25, 0.3) is 0 Å². The molecule has 0 aliphatic heterocycles. The van der Waals surface area contributed by atoms with E-state index in [1.165, 1.54) is 0 Å². The van der Waals surface area contributed by atoms with Crippen LogP contribution < -0.4 is 0 Å². The van der Waals surface area contributed by atoms with Crippen LogP contribution in [0.5, 0.6) is 0 Å². The topological polar surface area (TPSA) is 32.7 Å². The van der Waals surface area contributed by atoms with E-state index in [2.05, 4.69) is 36.4 Å². The first-order valence-corrected chi connectivity index (χ1v) is 10.1. The molecule has 104 valence electrons. The number of hydrogen-bond donors (Lipinski definition) is 0. The Balaban J connectivity index is 2.99. The minimum atomic E-state index is -1.45. The summed E-state index contributed by atoms with van der Waals surface area (Å²) in [6.07, 6.45) is 1.25. The molecule has 0 aliphatic carbocycles. The van der Waals surface area contributed by atoms with E-state index >= 15 is 0 Å². The lowest BCUT2D eigenvalue weighted by molar-refractivity contribution is -0.116. The highest BCUT2D eigenvalue weighted by Crippen LogP contribution is 2.12. The summed E-state index contributed by atoms with van der Waals surface area (Å²) in [7, 11) is 0.579. The van der Waals surface area contributed by atoms with Gasteiger partial charge in [-0.1, -0.05) is 50.0 Å². The molecule has 0 aromatic heterocycles. The van der Waals surface area contributed by atoms with Crippen LogP contribution in [0.3, 0.4) is 0 Å². The van der Waals surface area contributed by atoms with Crippen molar-refractivity contribution < 1.29 is 4.79 Å². The first kappa shape index (κ1) is 15.6. The molecular formula is C15H24N2OSi. The first-order valence-electron chi connectivity index (χ1n) is 6.67. The van der Waals surface area contributed by atoms with Gasteiger partial charge in [-0.15, -0.1) is 0 Å². The molecule has 4 heteroatoms. The highest BCUT2D eigenvalue weighted by molar-refractivity contribution is 6.73. The number of Topliss-reactive ketones (excluding diaryl/α,β-unsaturated/α-hetero) is 1. The molecule has 0 radical (unpaired) electrons. The summed E-state index contributed by atoms with van der Waals surface area (Å²) in [4.78, 5) is 11.2. The van der Waals surface area contributed by atoms with Gasteiger partial charge in [-0.25, -0.2) is 0 Å². The molecule has 0 heterocycles. The Hall–Kier alpha value is -1.42. The summed E-state index contributed by atoms with van der Waals surface area (Å²) in [5.74, 6) is 0.208. The zero-order chi connectivity index (χ0) is 14.5. The van der Waals surface area contributed by atoms with Crippen LogP contribution in [-0.4, -0.2) is 31.5 Å². The minimum absolute atomic E-state index is 0.208. The van der Waals surface area contributed by atoms with Gasteiger partial charge in [0, 0.05) is 13.5 Å². The second-order valence-corrected chi connectivity index (χ2v) is 10.8. The molecule has 0 aliphatic rings. The van der Waals surface area contributed by atoms with Gasteiger partial charge in [0.15, 0.2) is 8.24 Å². The zero-order valence-corrected chi connectivity index (χ0v) is 13.6. The summed E-state index contributed by atoms with van der Waals surface area (Å²) in [5.41, 5.74) is 2.11. The molecule has 0 unspecified atom stereocenters. The largest absolute Gasteiger partial charge is 0.327 e. The molecule has 1 aromatic rings. The maximum absolute atomic E-state index is 11.2. The Labute approximate surface area is 117 Å². The molecule has 0 spiro atoms. The summed E-state index contributed by atoms with van der Waals surface area (Å²) in [6.45, 7) is 8.39. The summed E-state index contributed by atoms with van der Waals surface area (Å²) < 4.78 is 2.09. The standard InChI is InChI=1S/C15H24N2OSi/c1-13(18)11-12-15(14-9-7-6-8-10-14)16-17(2)19(3,4)5/h6-10H,11-12H2,1-5H3. The lowest BCUT2D eigenvalue weighted by Gasteiger charge is -2.28. The smallest absolute Gasteiger partial charge is 0.168 e. The van der Waals surface area contributed by atoms with E-state index in [0.29, 0.717) is 12.8 Å². The molecule has 0 bridgehead atoms. The monoisotopic (exact) mass is 276 g/mol. The van der Waals surface area contributed by atoms with Crippen molar-refractivity contribution in [3.8, 4) is 0 Å². The van der Waals surface area contributed by atoms with Crippen LogP contribution in [0, 0.1) is 0 Å². The number of hydrazone groups is 1. The van der Waals surface area contributed by atoms with E-state index in [-0.39, 0.29) is 5.78 Å². The average Bonchev–Trinajstić information content (AvgIpc) is 2.33. The van der Waals surface area contributed by atoms with Crippen molar-refractivity contribution in [3.63, 3.8) is 0 Å². The maximum Gasteiger partial charge on any atom is 0.168 e. The van der Waals surface area contributed by atoms with Crippen molar-refractivity contribution >= 4 is 19.7 Å². The van der Waals surface area contributed by atoms with Gasteiger partial charge < -0.3 is 9.47 Å². The molecule has 1 rings (SSSR count). The van der Waals surface area contributed by atoms with Crippen molar-refractivity contribution in [3.05, 3.63) is 35.9 Å². The van der Waals surface area contributed by atoms with Crippen LogP contribution in [0.1, 0.15) is 25.3 Å². The first-order chi connectivity index (χ1) is 8.80. The molecule has 1 aromatic carbocycles. The second-order valence-electron chi connectivity index (χ2n) is 5.81. The second kappa shape index (κ2) is 6.66. The molecule has 3 nitrogen and oxygen atoms in total. The number of hydrogen-bond acceptors (Lipinski definition) is 3. The molecule has 19 heavy (non-hydrogen) atoms. The molecule has 0 amide bonds. The van der Waals surface area contributed by atoms with Gasteiger partial charge in [0.25, 0.3) is 0 Å². The van der Waals surface area contributed by atoms with E-state index in [1.54, 1.807) is 6.92 Å².